The van der Waals surface area contributed by atoms with E-state index in [0.717, 1.165) is 11.1 Å². The standard InChI is InChI=1S/C21H23N3O4/c1-14(25)22-17-7-9-18(10-8-17)23-20(26)13-24-12-16-6-4-3-5-15(16)11-19(24)21(27)28-2/h3-10,19H,11-13H2,1-2H3,(H,22,25)(H,23,26)/t19-/m0/s1. The van der Waals surface area contributed by atoms with Crippen molar-refractivity contribution in [2.45, 2.75) is 25.9 Å². The summed E-state index contributed by atoms with van der Waals surface area (Å²) in [6.07, 6.45) is 0.515. The monoisotopic (exact) mass is 381 g/mol. The first-order valence-electron chi connectivity index (χ1n) is 9.02. The molecule has 0 aliphatic carbocycles. The predicted octanol–water partition coefficient (Wildman–Crippen LogP) is 2.18. The maximum absolute atomic E-state index is 12.5. The average molecular weight is 381 g/mol. The molecule has 146 valence electrons. The Bertz CT molecular complexity index is 879. The van der Waals surface area contributed by atoms with Crippen LogP contribution in [0, 0.1) is 0 Å². The Morgan fingerprint density at radius 1 is 1.00 bits per heavy atom. The van der Waals surface area contributed by atoms with Gasteiger partial charge in [0.15, 0.2) is 0 Å². The third-order valence-corrected chi connectivity index (χ3v) is 4.65. The molecule has 1 heterocycles. The maximum atomic E-state index is 12.5. The van der Waals surface area contributed by atoms with Crippen molar-refractivity contribution in [3.8, 4) is 0 Å². The largest absolute Gasteiger partial charge is 0.468 e. The third kappa shape index (κ3) is 4.75. The van der Waals surface area contributed by atoms with Gasteiger partial charge in [-0.3, -0.25) is 19.3 Å². The van der Waals surface area contributed by atoms with E-state index in [2.05, 4.69) is 10.6 Å². The van der Waals surface area contributed by atoms with Crippen LogP contribution in [0.5, 0.6) is 0 Å². The molecule has 0 fully saturated rings. The molecule has 2 amide bonds. The van der Waals surface area contributed by atoms with Crippen LogP contribution in [-0.2, 0) is 32.1 Å². The minimum atomic E-state index is -0.493. The number of anilines is 2. The lowest BCUT2D eigenvalue weighted by Crippen LogP contribution is -2.49. The SMILES string of the molecule is COC(=O)[C@@H]1Cc2ccccc2CN1CC(=O)Nc1ccc(NC(C)=O)cc1. The molecule has 0 spiro atoms. The van der Waals surface area contributed by atoms with Crippen molar-refractivity contribution >= 4 is 29.2 Å². The number of ether oxygens (including phenoxy) is 1. The zero-order valence-electron chi connectivity index (χ0n) is 15.9. The van der Waals surface area contributed by atoms with Crippen molar-refractivity contribution in [3.05, 3.63) is 59.7 Å². The fourth-order valence-corrected chi connectivity index (χ4v) is 3.34. The topological polar surface area (TPSA) is 87.7 Å². The Labute approximate surface area is 163 Å². The van der Waals surface area contributed by atoms with Gasteiger partial charge in [0.25, 0.3) is 0 Å². The number of amides is 2. The van der Waals surface area contributed by atoms with E-state index in [4.69, 9.17) is 4.74 Å². The van der Waals surface area contributed by atoms with Crippen LogP contribution in [0.4, 0.5) is 11.4 Å². The summed E-state index contributed by atoms with van der Waals surface area (Å²) in [5, 5.41) is 5.50. The number of hydrogen-bond donors (Lipinski definition) is 2. The average Bonchev–Trinajstić information content (AvgIpc) is 2.68. The molecular weight excluding hydrogens is 358 g/mol. The number of nitrogens with one attached hydrogen (secondary N) is 2. The first kappa shape index (κ1) is 19.6. The zero-order chi connectivity index (χ0) is 20.1. The van der Waals surface area contributed by atoms with Gasteiger partial charge in [-0.2, -0.15) is 0 Å². The Balaban J connectivity index is 1.67. The highest BCUT2D eigenvalue weighted by molar-refractivity contribution is 5.93. The van der Waals surface area contributed by atoms with Crippen LogP contribution in [0.2, 0.25) is 0 Å². The van der Waals surface area contributed by atoms with Gasteiger partial charge in [-0.25, -0.2) is 0 Å². The van der Waals surface area contributed by atoms with Crippen molar-refractivity contribution < 1.29 is 19.1 Å². The molecule has 7 nitrogen and oxygen atoms in total. The van der Waals surface area contributed by atoms with Gasteiger partial charge in [0.1, 0.15) is 6.04 Å². The number of rotatable bonds is 5. The van der Waals surface area contributed by atoms with Gasteiger partial charge >= 0.3 is 5.97 Å². The second kappa shape index (κ2) is 8.67. The van der Waals surface area contributed by atoms with E-state index in [0.29, 0.717) is 24.3 Å². The summed E-state index contributed by atoms with van der Waals surface area (Å²) in [7, 11) is 1.36. The van der Waals surface area contributed by atoms with E-state index in [1.54, 1.807) is 24.3 Å². The summed E-state index contributed by atoms with van der Waals surface area (Å²) in [5.41, 5.74) is 3.48. The molecule has 28 heavy (non-hydrogen) atoms. The van der Waals surface area contributed by atoms with E-state index in [9.17, 15) is 14.4 Å². The van der Waals surface area contributed by atoms with E-state index in [-0.39, 0.29) is 24.3 Å². The Morgan fingerprint density at radius 3 is 2.21 bits per heavy atom. The fraction of sp³-hybridized carbons (Fsp3) is 0.286. The Kier molecular flexibility index (Phi) is 6.06. The Hall–Kier alpha value is -3.19. The van der Waals surface area contributed by atoms with Gasteiger partial charge < -0.3 is 15.4 Å². The highest BCUT2D eigenvalue weighted by atomic mass is 16.5. The second-order valence-electron chi connectivity index (χ2n) is 6.72. The summed E-state index contributed by atoms with van der Waals surface area (Å²) < 4.78 is 4.93. The second-order valence-corrected chi connectivity index (χ2v) is 6.72. The number of carbonyl (C=O) groups excluding carboxylic acids is 3. The van der Waals surface area contributed by atoms with E-state index in [1.165, 1.54) is 14.0 Å². The quantitative estimate of drug-likeness (QED) is 0.775. The van der Waals surface area contributed by atoms with E-state index in [1.807, 2.05) is 29.2 Å². The van der Waals surface area contributed by atoms with Crippen LogP contribution in [0.1, 0.15) is 18.1 Å². The molecular formula is C21H23N3O4. The fourth-order valence-electron chi connectivity index (χ4n) is 3.34. The molecule has 0 saturated carbocycles. The van der Waals surface area contributed by atoms with Crippen LogP contribution in [0.25, 0.3) is 0 Å². The number of fused-ring (bicyclic) bond motifs is 1. The molecule has 0 radical (unpaired) electrons. The normalized spacial score (nSPS) is 16.0. The lowest BCUT2D eigenvalue weighted by molar-refractivity contribution is -0.148. The zero-order valence-corrected chi connectivity index (χ0v) is 15.9. The summed E-state index contributed by atoms with van der Waals surface area (Å²) in [6.45, 7) is 2.01. The number of methoxy groups -OCH3 is 1. The van der Waals surface area contributed by atoms with Gasteiger partial charge in [-0.1, -0.05) is 24.3 Å². The van der Waals surface area contributed by atoms with Crippen molar-refractivity contribution in [2.75, 3.05) is 24.3 Å². The predicted molar refractivity (Wildman–Crippen MR) is 106 cm³/mol. The lowest BCUT2D eigenvalue weighted by atomic mass is 9.94. The van der Waals surface area contributed by atoms with Crippen LogP contribution >= 0.6 is 0 Å². The van der Waals surface area contributed by atoms with Crippen LogP contribution in [0.15, 0.2) is 48.5 Å². The van der Waals surface area contributed by atoms with Crippen LogP contribution in [0.3, 0.4) is 0 Å². The maximum Gasteiger partial charge on any atom is 0.323 e. The number of hydrogen-bond acceptors (Lipinski definition) is 5. The van der Waals surface area contributed by atoms with Crippen LogP contribution in [-0.4, -0.2) is 42.4 Å². The number of esters is 1. The molecule has 2 N–H and O–H groups in total. The molecule has 0 saturated heterocycles. The molecule has 0 unspecified atom stereocenters. The number of nitrogens with zero attached hydrogens (tertiary/aromatic N) is 1. The van der Waals surface area contributed by atoms with Crippen molar-refractivity contribution in [1.82, 2.24) is 4.90 Å². The summed E-state index contributed by atoms with van der Waals surface area (Å²) >= 11 is 0. The number of carbonyl (C=O) groups is 3. The van der Waals surface area contributed by atoms with E-state index >= 15 is 0 Å². The Morgan fingerprint density at radius 2 is 1.61 bits per heavy atom. The van der Waals surface area contributed by atoms with Crippen LogP contribution < -0.4 is 10.6 Å². The molecule has 1 aliphatic rings. The highest BCUT2D eigenvalue weighted by Crippen LogP contribution is 2.24. The summed E-state index contributed by atoms with van der Waals surface area (Å²) in [4.78, 5) is 37.7. The molecule has 1 atom stereocenters. The van der Waals surface area contributed by atoms with Gasteiger partial charge in [0.05, 0.1) is 13.7 Å². The smallest absolute Gasteiger partial charge is 0.323 e. The van der Waals surface area contributed by atoms with Crippen molar-refractivity contribution in [1.29, 1.82) is 0 Å². The van der Waals surface area contributed by atoms with Gasteiger partial charge in [-0.05, 0) is 41.8 Å². The minimum absolute atomic E-state index is 0.0710. The van der Waals surface area contributed by atoms with Crippen molar-refractivity contribution in [3.63, 3.8) is 0 Å². The first-order valence-corrected chi connectivity index (χ1v) is 9.02. The molecule has 2 aromatic carbocycles. The lowest BCUT2D eigenvalue weighted by Gasteiger charge is -2.34. The molecule has 1 aliphatic heterocycles. The third-order valence-electron chi connectivity index (χ3n) is 4.65. The van der Waals surface area contributed by atoms with Gasteiger partial charge in [0.2, 0.25) is 11.8 Å². The summed E-state index contributed by atoms with van der Waals surface area (Å²) in [6, 6.07) is 14.3. The minimum Gasteiger partial charge on any atom is -0.468 e. The van der Waals surface area contributed by atoms with E-state index < -0.39 is 6.04 Å². The molecule has 0 aromatic heterocycles. The van der Waals surface area contributed by atoms with Gasteiger partial charge in [-0.15, -0.1) is 0 Å². The molecule has 0 bridgehead atoms. The van der Waals surface area contributed by atoms with Gasteiger partial charge in [0, 0.05) is 24.8 Å². The highest BCUT2D eigenvalue weighted by Gasteiger charge is 2.33. The molecule has 7 heteroatoms. The van der Waals surface area contributed by atoms with Crippen molar-refractivity contribution in [2.24, 2.45) is 0 Å². The molecule has 2 aromatic rings. The number of benzene rings is 2. The summed E-state index contributed by atoms with van der Waals surface area (Å²) in [5.74, 6) is -0.724. The first-order chi connectivity index (χ1) is 13.5. The molecule has 3 rings (SSSR count).